The number of ether oxygens (including phenoxy) is 1. The van der Waals surface area contributed by atoms with E-state index in [1.807, 2.05) is 0 Å². The number of nitrogens with zero attached hydrogens (tertiary/aromatic N) is 2. The van der Waals surface area contributed by atoms with Crippen molar-refractivity contribution >= 4 is 38.6 Å². The summed E-state index contributed by atoms with van der Waals surface area (Å²) in [5.41, 5.74) is 2.17. The van der Waals surface area contributed by atoms with Crippen LogP contribution in [0.25, 0.3) is 0 Å². The van der Waals surface area contributed by atoms with E-state index >= 15 is 0 Å². The van der Waals surface area contributed by atoms with Crippen LogP contribution in [-0.4, -0.2) is 62.9 Å². The van der Waals surface area contributed by atoms with E-state index in [2.05, 4.69) is 39.2 Å². The molecule has 1 N–H and O–H groups in total. The molecule has 0 aliphatic carbocycles. The second-order valence-corrected chi connectivity index (χ2v) is 12.3. The van der Waals surface area contributed by atoms with Crippen LogP contribution < -0.4 is 5.32 Å². The van der Waals surface area contributed by atoms with E-state index in [-0.39, 0.29) is 16.8 Å². The van der Waals surface area contributed by atoms with Crippen molar-refractivity contribution in [1.82, 2.24) is 14.5 Å². The van der Waals surface area contributed by atoms with Gasteiger partial charge in [0, 0.05) is 35.9 Å². The van der Waals surface area contributed by atoms with Crippen molar-refractivity contribution in [3.8, 4) is 0 Å². The minimum absolute atomic E-state index is 0.0368. The summed E-state index contributed by atoms with van der Waals surface area (Å²) in [6.07, 6.45) is 0.960. The van der Waals surface area contributed by atoms with Crippen molar-refractivity contribution in [2.75, 3.05) is 39.4 Å². The summed E-state index contributed by atoms with van der Waals surface area (Å²) in [5, 5.41) is 7.22. The maximum Gasteiger partial charge on any atom is 0.243 e. The zero-order valence-electron chi connectivity index (χ0n) is 18.7. The van der Waals surface area contributed by atoms with Crippen LogP contribution in [0.3, 0.4) is 0 Å². The van der Waals surface area contributed by atoms with Gasteiger partial charge in [0.25, 0.3) is 0 Å². The first-order valence-corrected chi connectivity index (χ1v) is 14.5. The van der Waals surface area contributed by atoms with Crippen molar-refractivity contribution in [2.45, 2.75) is 23.9 Å². The topological polar surface area (TPSA) is 79.0 Å². The summed E-state index contributed by atoms with van der Waals surface area (Å²) >= 11 is 3.51. The van der Waals surface area contributed by atoms with Crippen molar-refractivity contribution in [2.24, 2.45) is 0 Å². The fraction of sp³-hybridized carbons (Fsp3) is 0.375. The molecule has 0 spiro atoms. The zero-order valence-corrected chi connectivity index (χ0v) is 21.1. The molecule has 0 radical (unpaired) electrons. The Morgan fingerprint density at radius 3 is 2.56 bits per heavy atom. The van der Waals surface area contributed by atoms with Gasteiger partial charge in [-0.05, 0) is 52.6 Å². The van der Waals surface area contributed by atoms with Crippen molar-refractivity contribution in [3.05, 3.63) is 74.1 Å². The molecule has 3 aromatic rings. The number of nitrogens with one attached hydrogen (secondary N) is 1. The predicted molar refractivity (Wildman–Crippen MR) is 134 cm³/mol. The van der Waals surface area contributed by atoms with Gasteiger partial charge in [0.2, 0.25) is 15.9 Å². The second-order valence-electron chi connectivity index (χ2n) is 8.37. The van der Waals surface area contributed by atoms with Gasteiger partial charge in [-0.3, -0.25) is 9.69 Å². The third-order valence-electron chi connectivity index (χ3n) is 6.25. The van der Waals surface area contributed by atoms with Gasteiger partial charge in [0.05, 0.1) is 30.7 Å². The van der Waals surface area contributed by atoms with Gasteiger partial charge in [-0.15, -0.1) is 22.7 Å². The molecule has 2 aliphatic heterocycles. The number of carbonyl (C=O) groups excluding carboxylic acids is 1. The van der Waals surface area contributed by atoms with E-state index < -0.39 is 10.0 Å². The minimum Gasteiger partial charge on any atom is -0.379 e. The summed E-state index contributed by atoms with van der Waals surface area (Å²) in [5.74, 6) is -0.0368. The maximum absolute atomic E-state index is 12.8. The highest BCUT2D eigenvalue weighted by atomic mass is 32.2. The number of sulfonamides is 1. The van der Waals surface area contributed by atoms with Crippen molar-refractivity contribution < 1.29 is 17.9 Å². The van der Waals surface area contributed by atoms with Gasteiger partial charge in [0.1, 0.15) is 0 Å². The largest absolute Gasteiger partial charge is 0.379 e. The van der Waals surface area contributed by atoms with Gasteiger partial charge in [-0.25, -0.2) is 8.42 Å². The predicted octanol–water partition coefficient (Wildman–Crippen LogP) is 3.09. The Bertz CT molecular complexity index is 1220. The molecule has 2 aromatic heterocycles. The molecule has 1 fully saturated rings. The number of hydrogen-bond acceptors (Lipinski definition) is 7. The van der Waals surface area contributed by atoms with Crippen LogP contribution >= 0.6 is 22.7 Å². The highest BCUT2D eigenvalue weighted by Crippen LogP contribution is 2.39. The highest BCUT2D eigenvalue weighted by molar-refractivity contribution is 7.89. The summed E-state index contributed by atoms with van der Waals surface area (Å²) in [7, 11) is -3.52. The average Bonchev–Trinajstić information content (AvgIpc) is 3.56. The van der Waals surface area contributed by atoms with Gasteiger partial charge < -0.3 is 10.1 Å². The molecule has 5 rings (SSSR count). The zero-order chi connectivity index (χ0) is 23.5. The molecule has 10 heteroatoms. The molecular weight excluding hydrogens is 490 g/mol. The van der Waals surface area contributed by atoms with E-state index in [9.17, 15) is 13.2 Å². The maximum atomic E-state index is 12.8. The van der Waals surface area contributed by atoms with E-state index in [0.29, 0.717) is 39.4 Å². The summed E-state index contributed by atoms with van der Waals surface area (Å²) in [6.45, 7) is 3.10. The lowest BCUT2D eigenvalue weighted by atomic mass is 9.98. The molecule has 1 saturated heterocycles. The minimum atomic E-state index is -3.52. The van der Waals surface area contributed by atoms with Crippen LogP contribution in [0.5, 0.6) is 0 Å². The number of fused-ring (bicyclic) bond motifs is 1. The van der Waals surface area contributed by atoms with Gasteiger partial charge >= 0.3 is 0 Å². The lowest BCUT2D eigenvalue weighted by molar-refractivity contribution is -0.122. The van der Waals surface area contributed by atoms with Crippen LogP contribution in [0.15, 0.2) is 58.1 Å². The van der Waals surface area contributed by atoms with Crippen molar-refractivity contribution in [3.63, 3.8) is 0 Å². The Labute approximate surface area is 208 Å². The van der Waals surface area contributed by atoms with Crippen LogP contribution in [0.1, 0.15) is 26.9 Å². The quantitative estimate of drug-likeness (QED) is 0.521. The number of hydrogen-bond donors (Lipinski definition) is 1. The van der Waals surface area contributed by atoms with Gasteiger partial charge in [0.15, 0.2) is 0 Å². The van der Waals surface area contributed by atoms with Crippen molar-refractivity contribution in [1.29, 1.82) is 0 Å². The standard InChI is InChI=1S/C24H27N3O4S3/c28-23(17-26-9-7-21-20(8-15-33-21)24(26)22-2-1-14-32-22)25-16-18-3-5-19(6-4-18)34(29,30)27-10-12-31-13-11-27/h1-6,8,14-15,24H,7,9-13,16-17H2,(H,25,28)/t24-/m0/s1. The molecule has 34 heavy (non-hydrogen) atoms. The van der Waals surface area contributed by atoms with Gasteiger partial charge in [-0.2, -0.15) is 4.31 Å². The Balaban J connectivity index is 1.20. The third kappa shape index (κ3) is 4.98. The number of morpholine rings is 1. The Hall–Kier alpha value is -2.08. The first-order chi connectivity index (χ1) is 16.5. The number of amides is 1. The van der Waals surface area contributed by atoms with E-state index in [1.54, 1.807) is 46.9 Å². The van der Waals surface area contributed by atoms with Gasteiger partial charge in [-0.1, -0.05) is 18.2 Å². The summed E-state index contributed by atoms with van der Waals surface area (Å²) in [4.78, 5) is 18.0. The molecule has 2 aliphatic rings. The monoisotopic (exact) mass is 517 g/mol. The normalized spacial score (nSPS) is 19.6. The lowest BCUT2D eigenvalue weighted by Crippen LogP contribution is -2.42. The highest BCUT2D eigenvalue weighted by Gasteiger charge is 2.31. The second kappa shape index (κ2) is 10.3. The third-order valence-corrected chi connectivity index (χ3v) is 10.1. The smallest absolute Gasteiger partial charge is 0.243 e. The van der Waals surface area contributed by atoms with E-state index in [4.69, 9.17) is 4.74 Å². The fourth-order valence-electron chi connectivity index (χ4n) is 4.48. The van der Waals surface area contributed by atoms with E-state index in [1.165, 1.54) is 19.6 Å². The Kier molecular flexibility index (Phi) is 7.14. The number of rotatable bonds is 7. The molecule has 0 unspecified atom stereocenters. The average molecular weight is 518 g/mol. The van der Waals surface area contributed by atoms with Crippen LogP contribution in [-0.2, 0) is 32.5 Å². The molecule has 1 atom stereocenters. The molecule has 7 nitrogen and oxygen atoms in total. The van der Waals surface area contributed by atoms with Crippen LogP contribution in [0, 0.1) is 0 Å². The number of thiophene rings is 2. The van der Waals surface area contributed by atoms with Crippen LogP contribution in [0.4, 0.5) is 0 Å². The lowest BCUT2D eigenvalue weighted by Gasteiger charge is -2.34. The molecule has 1 amide bonds. The molecule has 0 bridgehead atoms. The SMILES string of the molecule is O=C(CN1CCc2sccc2[C@H]1c1cccs1)NCc1ccc(S(=O)(=O)N2CCOCC2)cc1. The Morgan fingerprint density at radius 1 is 1.03 bits per heavy atom. The molecule has 1 aromatic carbocycles. The molecule has 180 valence electrons. The number of benzene rings is 1. The van der Waals surface area contributed by atoms with E-state index in [0.717, 1.165) is 18.5 Å². The molecular formula is C24H27N3O4S3. The molecule has 0 saturated carbocycles. The Morgan fingerprint density at radius 2 is 1.82 bits per heavy atom. The summed E-state index contributed by atoms with van der Waals surface area (Å²) < 4.78 is 32.3. The first kappa shape index (κ1) is 23.7. The number of carbonyl (C=O) groups is 1. The first-order valence-electron chi connectivity index (χ1n) is 11.3. The summed E-state index contributed by atoms with van der Waals surface area (Å²) in [6, 6.07) is 13.2. The molecule has 4 heterocycles. The fourth-order valence-corrected chi connectivity index (χ4v) is 7.66. The van der Waals surface area contributed by atoms with Crippen LogP contribution in [0.2, 0.25) is 0 Å².